The molecule has 129 valence electrons. The van der Waals surface area contributed by atoms with Crippen molar-refractivity contribution in [2.75, 3.05) is 6.54 Å². The van der Waals surface area contributed by atoms with Crippen molar-refractivity contribution in [1.29, 1.82) is 0 Å². The molecule has 5 heteroatoms. The molecule has 1 unspecified atom stereocenters. The minimum atomic E-state index is -0.385. The van der Waals surface area contributed by atoms with E-state index < -0.39 is 0 Å². The zero-order chi connectivity index (χ0) is 18.3. The van der Waals surface area contributed by atoms with Gasteiger partial charge in [-0.2, -0.15) is 0 Å². The maximum absolute atomic E-state index is 12.5. The van der Waals surface area contributed by atoms with Gasteiger partial charge < -0.3 is 5.73 Å². The van der Waals surface area contributed by atoms with Gasteiger partial charge in [-0.1, -0.05) is 55.0 Å². The number of carbonyl (C=O) groups is 2. The standard InChI is InChI=1S/C19H28BN2O2/c1-6-8-15(20-12(3)4)10-14(7-2)16-9-13(5)17(11-21)19(24)22-18(16)23/h6-8,10,12,16H,9,11,21H2,1-5H3,(H,22,23,24)/b8-6-,14-7+,15-10+. The predicted molar refractivity (Wildman–Crippen MR) is 101 cm³/mol. The van der Waals surface area contributed by atoms with E-state index in [1.54, 1.807) is 0 Å². The van der Waals surface area contributed by atoms with Crippen LogP contribution in [0.3, 0.4) is 0 Å². The lowest BCUT2D eigenvalue weighted by Gasteiger charge is -2.16. The van der Waals surface area contributed by atoms with Crippen LogP contribution in [0, 0.1) is 5.92 Å². The van der Waals surface area contributed by atoms with E-state index in [4.69, 9.17) is 5.73 Å². The fourth-order valence-electron chi connectivity index (χ4n) is 2.83. The Hall–Kier alpha value is -1.88. The molecule has 1 radical (unpaired) electrons. The lowest BCUT2D eigenvalue weighted by molar-refractivity contribution is -0.129. The second-order valence-corrected chi connectivity index (χ2v) is 6.38. The van der Waals surface area contributed by atoms with Crippen LogP contribution < -0.4 is 11.1 Å². The highest BCUT2D eigenvalue weighted by molar-refractivity contribution is 6.48. The van der Waals surface area contributed by atoms with Crippen molar-refractivity contribution in [3.05, 3.63) is 46.5 Å². The predicted octanol–water partition coefficient (Wildman–Crippen LogP) is 2.86. The van der Waals surface area contributed by atoms with Crippen LogP contribution in [0.4, 0.5) is 0 Å². The van der Waals surface area contributed by atoms with Gasteiger partial charge in [0.2, 0.25) is 5.91 Å². The first-order valence-electron chi connectivity index (χ1n) is 8.43. The summed E-state index contributed by atoms with van der Waals surface area (Å²) in [6.45, 7) is 10.1. The van der Waals surface area contributed by atoms with E-state index in [0.717, 1.165) is 16.6 Å². The number of nitrogens with two attached hydrogens (primary N) is 1. The van der Waals surface area contributed by atoms with Gasteiger partial charge in [0.05, 0.1) is 5.92 Å². The highest BCUT2D eigenvalue weighted by Gasteiger charge is 2.29. The molecule has 1 atom stereocenters. The average Bonchev–Trinajstić information content (AvgIpc) is 2.60. The van der Waals surface area contributed by atoms with Crippen LogP contribution in [-0.2, 0) is 9.59 Å². The van der Waals surface area contributed by atoms with Gasteiger partial charge >= 0.3 is 0 Å². The lowest BCUT2D eigenvalue weighted by atomic mass is 9.59. The normalized spacial score (nSPS) is 20.7. The second kappa shape index (κ2) is 9.43. The van der Waals surface area contributed by atoms with Crippen LogP contribution in [0.2, 0.25) is 5.82 Å². The molecular weight excluding hydrogens is 299 g/mol. The van der Waals surface area contributed by atoms with Crippen molar-refractivity contribution in [3.63, 3.8) is 0 Å². The van der Waals surface area contributed by atoms with Crippen LogP contribution >= 0.6 is 0 Å². The zero-order valence-corrected chi connectivity index (χ0v) is 15.3. The third-order valence-electron chi connectivity index (χ3n) is 4.01. The quantitative estimate of drug-likeness (QED) is 0.448. The van der Waals surface area contributed by atoms with Gasteiger partial charge in [0.25, 0.3) is 5.91 Å². The summed E-state index contributed by atoms with van der Waals surface area (Å²) in [6, 6.07) is 0. The van der Waals surface area contributed by atoms with Crippen molar-refractivity contribution in [2.45, 2.75) is 46.9 Å². The molecule has 0 aromatic carbocycles. The average molecular weight is 327 g/mol. The molecule has 0 saturated heterocycles. The summed E-state index contributed by atoms with van der Waals surface area (Å²) in [5.74, 6) is -0.620. The first kappa shape index (κ1) is 20.2. The highest BCUT2D eigenvalue weighted by atomic mass is 16.2. The van der Waals surface area contributed by atoms with Crippen molar-refractivity contribution in [2.24, 2.45) is 11.7 Å². The molecule has 0 fully saturated rings. The lowest BCUT2D eigenvalue weighted by Crippen LogP contribution is -2.36. The van der Waals surface area contributed by atoms with Crippen LogP contribution in [0.1, 0.15) is 41.0 Å². The highest BCUT2D eigenvalue weighted by Crippen LogP contribution is 2.27. The Kier molecular flexibility index (Phi) is 7.92. The van der Waals surface area contributed by atoms with Gasteiger partial charge in [0.1, 0.15) is 0 Å². The number of rotatable bonds is 6. The Morgan fingerprint density at radius 2 is 2.04 bits per heavy atom. The van der Waals surface area contributed by atoms with Crippen LogP contribution in [0.25, 0.3) is 0 Å². The smallest absolute Gasteiger partial charge is 0.255 e. The van der Waals surface area contributed by atoms with Gasteiger partial charge in [0, 0.05) is 12.1 Å². The molecule has 1 aliphatic rings. The number of imide groups is 1. The van der Waals surface area contributed by atoms with E-state index in [0.29, 0.717) is 17.8 Å². The molecule has 0 aromatic rings. The first-order valence-corrected chi connectivity index (χ1v) is 8.43. The Bertz CT molecular complexity index is 613. The maximum Gasteiger partial charge on any atom is 0.255 e. The molecule has 1 rings (SSSR count). The number of amides is 2. The summed E-state index contributed by atoms with van der Waals surface area (Å²) in [7, 11) is 2.15. The van der Waals surface area contributed by atoms with Crippen molar-refractivity contribution in [3.8, 4) is 0 Å². The van der Waals surface area contributed by atoms with Crippen molar-refractivity contribution < 1.29 is 9.59 Å². The number of hydrogen-bond acceptors (Lipinski definition) is 3. The molecule has 0 bridgehead atoms. The van der Waals surface area contributed by atoms with Crippen LogP contribution in [-0.4, -0.2) is 25.6 Å². The van der Waals surface area contributed by atoms with Gasteiger partial charge in [-0.15, -0.1) is 0 Å². The largest absolute Gasteiger partial charge is 0.326 e. The topological polar surface area (TPSA) is 72.2 Å². The number of nitrogens with one attached hydrogen (secondary N) is 1. The molecule has 3 N–H and O–H groups in total. The van der Waals surface area contributed by atoms with E-state index in [9.17, 15) is 9.59 Å². The molecule has 0 aliphatic carbocycles. The first-order chi connectivity index (χ1) is 11.3. The monoisotopic (exact) mass is 327 g/mol. The molecule has 2 amide bonds. The summed E-state index contributed by atoms with van der Waals surface area (Å²) in [5, 5.41) is 2.47. The van der Waals surface area contributed by atoms with E-state index in [1.165, 1.54) is 0 Å². The SMILES string of the molecule is C\C=C/C([B]C(C)C)=C\C(=C/C)C1CC(C)=C(CN)C(=O)NC1=O. The molecule has 24 heavy (non-hydrogen) atoms. The van der Waals surface area contributed by atoms with E-state index in [-0.39, 0.29) is 24.3 Å². The van der Waals surface area contributed by atoms with E-state index >= 15 is 0 Å². The molecule has 0 aromatic heterocycles. The number of allylic oxidation sites excluding steroid dienone is 6. The number of hydrogen-bond donors (Lipinski definition) is 2. The molecule has 1 heterocycles. The molecular formula is C19H28BN2O2. The van der Waals surface area contributed by atoms with Gasteiger partial charge in [-0.05, 0) is 32.8 Å². The maximum atomic E-state index is 12.5. The van der Waals surface area contributed by atoms with E-state index in [1.807, 2.05) is 45.1 Å². The van der Waals surface area contributed by atoms with E-state index in [2.05, 4.69) is 26.4 Å². The van der Waals surface area contributed by atoms with Gasteiger partial charge in [0.15, 0.2) is 7.28 Å². The Morgan fingerprint density at radius 1 is 1.38 bits per heavy atom. The van der Waals surface area contributed by atoms with Crippen LogP contribution in [0.5, 0.6) is 0 Å². The second-order valence-electron chi connectivity index (χ2n) is 6.38. The van der Waals surface area contributed by atoms with Crippen molar-refractivity contribution in [1.82, 2.24) is 5.32 Å². The Balaban J connectivity index is 3.21. The summed E-state index contributed by atoms with van der Waals surface area (Å²) in [4.78, 5) is 24.6. The van der Waals surface area contributed by atoms with Gasteiger partial charge in [-0.3, -0.25) is 14.9 Å². The zero-order valence-electron chi connectivity index (χ0n) is 15.3. The van der Waals surface area contributed by atoms with Crippen molar-refractivity contribution >= 4 is 19.1 Å². The fourth-order valence-corrected chi connectivity index (χ4v) is 2.83. The fraction of sp³-hybridized carbons (Fsp3) is 0.474. The minimum Gasteiger partial charge on any atom is -0.326 e. The summed E-state index contributed by atoms with van der Waals surface area (Å²) >= 11 is 0. The third kappa shape index (κ3) is 5.34. The Labute approximate surface area is 146 Å². The molecule has 4 nitrogen and oxygen atoms in total. The van der Waals surface area contributed by atoms with Gasteiger partial charge in [-0.25, -0.2) is 0 Å². The Morgan fingerprint density at radius 3 is 2.54 bits per heavy atom. The molecule has 0 spiro atoms. The molecule has 0 saturated carbocycles. The summed E-state index contributed by atoms with van der Waals surface area (Å²) in [6.07, 6.45) is 8.47. The summed E-state index contributed by atoms with van der Waals surface area (Å²) < 4.78 is 0. The summed E-state index contributed by atoms with van der Waals surface area (Å²) in [5.41, 5.74) is 9.00. The third-order valence-corrected chi connectivity index (χ3v) is 4.01. The minimum absolute atomic E-state index is 0.142. The molecule has 1 aliphatic heterocycles. The van der Waals surface area contributed by atoms with Crippen LogP contribution in [0.15, 0.2) is 46.5 Å². The number of carbonyl (C=O) groups excluding carboxylic acids is 2.